The molecule has 6 nitrogen and oxygen atoms in total. The van der Waals surface area contributed by atoms with Crippen molar-refractivity contribution in [2.45, 2.75) is 24.5 Å². The van der Waals surface area contributed by atoms with Gasteiger partial charge in [0.15, 0.2) is 6.10 Å². The number of carbonyl (C=O) groups excluding carboxylic acids is 1. The Morgan fingerprint density at radius 3 is 2.41 bits per heavy atom. The topological polar surface area (TPSA) is 66.9 Å². The number of nitrogens with zero attached hydrogens (tertiary/aromatic N) is 2. The molecule has 0 saturated carbocycles. The molecule has 8 heteroatoms. The predicted octanol–water partition coefficient (Wildman–Crippen LogP) is 4.26. The highest BCUT2D eigenvalue weighted by Gasteiger charge is 2.38. The highest BCUT2D eigenvalue weighted by atomic mass is 35.5. The van der Waals surface area contributed by atoms with Crippen molar-refractivity contribution in [2.24, 2.45) is 0 Å². The summed E-state index contributed by atoms with van der Waals surface area (Å²) < 4.78 is 34.1. The zero-order valence-corrected chi connectivity index (χ0v) is 19.3. The van der Waals surface area contributed by atoms with Gasteiger partial charge in [0, 0.05) is 18.6 Å². The van der Waals surface area contributed by atoms with E-state index in [0.717, 1.165) is 11.1 Å². The van der Waals surface area contributed by atoms with Crippen molar-refractivity contribution in [2.75, 3.05) is 17.9 Å². The van der Waals surface area contributed by atoms with Crippen LogP contribution in [0.15, 0.2) is 77.7 Å². The summed E-state index contributed by atoms with van der Waals surface area (Å²) in [5.41, 5.74) is 2.28. The normalized spacial score (nSPS) is 15.6. The van der Waals surface area contributed by atoms with Gasteiger partial charge in [0.1, 0.15) is 5.75 Å². The number of ether oxygens (including phenoxy) is 1. The van der Waals surface area contributed by atoms with Gasteiger partial charge in [0.2, 0.25) is 0 Å². The number of halogens is 1. The summed E-state index contributed by atoms with van der Waals surface area (Å²) >= 11 is 5.94. The van der Waals surface area contributed by atoms with Crippen LogP contribution in [0.2, 0.25) is 5.02 Å². The molecule has 0 spiro atoms. The van der Waals surface area contributed by atoms with Crippen LogP contribution in [0.4, 0.5) is 5.69 Å². The number of fused-ring (bicyclic) bond motifs is 1. The molecule has 1 aliphatic rings. The Bertz CT molecular complexity index is 1230. The van der Waals surface area contributed by atoms with Crippen molar-refractivity contribution in [3.8, 4) is 5.75 Å². The minimum atomic E-state index is -3.88. The first-order valence-electron chi connectivity index (χ1n) is 10.1. The molecule has 1 atom stereocenters. The second-order valence-electron chi connectivity index (χ2n) is 7.74. The zero-order chi connectivity index (χ0) is 22.9. The highest BCUT2D eigenvalue weighted by molar-refractivity contribution is 7.92. The number of carbonyl (C=O) groups is 1. The van der Waals surface area contributed by atoms with E-state index in [4.69, 9.17) is 16.3 Å². The Labute approximate surface area is 193 Å². The maximum Gasteiger partial charge on any atom is 0.265 e. The molecule has 0 bridgehead atoms. The number of para-hydroxylation sites is 2. The van der Waals surface area contributed by atoms with E-state index in [1.807, 2.05) is 19.1 Å². The fraction of sp³-hybridized carbons (Fsp3) is 0.208. The van der Waals surface area contributed by atoms with E-state index < -0.39 is 16.1 Å². The van der Waals surface area contributed by atoms with Crippen LogP contribution in [-0.2, 0) is 21.4 Å². The number of likely N-dealkylation sites (N-methyl/N-ethyl adjacent to an activating group) is 1. The standard InChI is InChI=1S/C24H23ClN2O4S/c1-17-7-13-20(14-8-17)32(29,30)27-16-23(31-22-6-4-3-5-21(22)27)24(28)26(2)15-18-9-11-19(25)12-10-18/h3-14,23H,15-16H2,1-2H3/t23-/m1/s1. The van der Waals surface area contributed by atoms with Crippen molar-refractivity contribution in [1.82, 2.24) is 4.90 Å². The summed E-state index contributed by atoms with van der Waals surface area (Å²) in [4.78, 5) is 14.9. The average Bonchev–Trinajstić information content (AvgIpc) is 2.79. The van der Waals surface area contributed by atoms with E-state index in [1.165, 1.54) is 9.21 Å². The third-order valence-electron chi connectivity index (χ3n) is 5.33. The quantitative estimate of drug-likeness (QED) is 0.558. The first-order chi connectivity index (χ1) is 15.3. The molecule has 0 unspecified atom stereocenters. The van der Waals surface area contributed by atoms with Gasteiger partial charge in [-0.05, 0) is 48.9 Å². The first kappa shape index (κ1) is 22.2. The number of benzene rings is 3. The summed E-state index contributed by atoms with van der Waals surface area (Å²) in [5, 5.41) is 0.618. The van der Waals surface area contributed by atoms with Gasteiger partial charge in [-0.15, -0.1) is 0 Å². The lowest BCUT2D eigenvalue weighted by atomic mass is 10.2. The molecule has 0 aromatic heterocycles. The van der Waals surface area contributed by atoms with Crippen LogP contribution in [0.1, 0.15) is 11.1 Å². The first-order valence-corrected chi connectivity index (χ1v) is 11.9. The maximum absolute atomic E-state index is 13.5. The molecule has 3 aromatic carbocycles. The van der Waals surface area contributed by atoms with Crippen LogP contribution in [0.3, 0.4) is 0 Å². The molecular formula is C24H23ClN2O4S. The summed E-state index contributed by atoms with van der Waals surface area (Å²) in [7, 11) is -2.21. The van der Waals surface area contributed by atoms with Crippen LogP contribution in [0, 0.1) is 6.92 Å². The van der Waals surface area contributed by atoms with Crippen molar-refractivity contribution >= 4 is 33.2 Å². The lowest BCUT2D eigenvalue weighted by molar-refractivity contribution is -0.137. The van der Waals surface area contributed by atoms with Gasteiger partial charge in [-0.2, -0.15) is 0 Å². The molecule has 1 aliphatic heterocycles. The molecule has 4 rings (SSSR count). The number of rotatable bonds is 5. The lowest BCUT2D eigenvalue weighted by Crippen LogP contribution is -2.50. The SMILES string of the molecule is Cc1ccc(S(=O)(=O)N2C[C@H](C(=O)N(C)Cc3ccc(Cl)cc3)Oc3ccccc32)cc1. The lowest BCUT2D eigenvalue weighted by Gasteiger charge is -2.36. The Kier molecular flexibility index (Phi) is 6.13. The number of hydrogen-bond acceptors (Lipinski definition) is 4. The molecule has 0 aliphatic carbocycles. The molecule has 166 valence electrons. The fourth-order valence-corrected chi connectivity index (χ4v) is 5.19. The molecular weight excluding hydrogens is 448 g/mol. The molecule has 0 N–H and O–H groups in total. The Hall–Kier alpha value is -3.03. The minimum Gasteiger partial charge on any atom is -0.476 e. The van der Waals surface area contributed by atoms with E-state index in [-0.39, 0.29) is 17.3 Å². The van der Waals surface area contributed by atoms with Gasteiger partial charge in [0.05, 0.1) is 17.1 Å². The number of hydrogen-bond donors (Lipinski definition) is 0. The van der Waals surface area contributed by atoms with E-state index in [2.05, 4.69) is 0 Å². The average molecular weight is 471 g/mol. The Balaban J connectivity index is 1.62. The van der Waals surface area contributed by atoms with E-state index in [9.17, 15) is 13.2 Å². The molecule has 32 heavy (non-hydrogen) atoms. The van der Waals surface area contributed by atoms with Crippen LogP contribution < -0.4 is 9.04 Å². The zero-order valence-electron chi connectivity index (χ0n) is 17.7. The van der Waals surface area contributed by atoms with Crippen LogP contribution in [0.5, 0.6) is 5.75 Å². The third-order valence-corrected chi connectivity index (χ3v) is 7.37. The summed E-state index contributed by atoms with van der Waals surface area (Å²) in [6.45, 7) is 2.13. The van der Waals surface area contributed by atoms with E-state index >= 15 is 0 Å². The van der Waals surface area contributed by atoms with Gasteiger partial charge in [-0.25, -0.2) is 8.42 Å². The van der Waals surface area contributed by atoms with Gasteiger partial charge >= 0.3 is 0 Å². The molecule has 1 amide bonds. The second-order valence-corrected chi connectivity index (χ2v) is 10.0. The van der Waals surface area contributed by atoms with Crippen molar-refractivity contribution in [1.29, 1.82) is 0 Å². The van der Waals surface area contributed by atoms with Crippen molar-refractivity contribution in [3.63, 3.8) is 0 Å². The number of anilines is 1. The van der Waals surface area contributed by atoms with Crippen molar-refractivity contribution in [3.05, 3.63) is 88.9 Å². The molecule has 0 radical (unpaired) electrons. The fourth-order valence-electron chi connectivity index (χ4n) is 3.58. The largest absolute Gasteiger partial charge is 0.476 e. The molecule has 1 heterocycles. The molecule has 0 fully saturated rings. The molecule has 0 saturated heterocycles. The summed E-state index contributed by atoms with van der Waals surface area (Å²) in [5.74, 6) is 0.0474. The number of amides is 1. The third kappa shape index (κ3) is 4.45. The van der Waals surface area contributed by atoms with Crippen LogP contribution in [-0.4, -0.2) is 38.9 Å². The monoisotopic (exact) mass is 470 g/mol. The van der Waals surface area contributed by atoms with Gasteiger partial charge in [-0.1, -0.05) is 53.6 Å². The van der Waals surface area contributed by atoms with Gasteiger partial charge in [0.25, 0.3) is 15.9 Å². The van der Waals surface area contributed by atoms with Gasteiger partial charge < -0.3 is 9.64 Å². The summed E-state index contributed by atoms with van der Waals surface area (Å²) in [6, 6.07) is 20.7. The number of aryl methyl sites for hydroxylation is 1. The maximum atomic E-state index is 13.5. The minimum absolute atomic E-state index is 0.114. The highest BCUT2D eigenvalue weighted by Crippen LogP contribution is 2.37. The Morgan fingerprint density at radius 1 is 1.06 bits per heavy atom. The number of sulfonamides is 1. The second kappa shape index (κ2) is 8.84. The van der Waals surface area contributed by atoms with Crippen LogP contribution >= 0.6 is 11.6 Å². The van der Waals surface area contributed by atoms with E-state index in [0.29, 0.717) is 23.0 Å². The van der Waals surface area contributed by atoms with Crippen LogP contribution in [0.25, 0.3) is 0 Å². The van der Waals surface area contributed by atoms with Crippen molar-refractivity contribution < 1.29 is 17.9 Å². The molecule has 3 aromatic rings. The van der Waals surface area contributed by atoms with Gasteiger partial charge in [-0.3, -0.25) is 9.10 Å². The Morgan fingerprint density at radius 2 is 1.72 bits per heavy atom. The smallest absolute Gasteiger partial charge is 0.265 e. The van der Waals surface area contributed by atoms with E-state index in [1.54, 1.807) is 67.7 Å². The predicted molar refractivity (Wildman–Crippen MR) is 124 cm³/mol. The summed E-state index contributed by atoms with van der Waals surface area (Å²) in [6.07, 6.45) is -0.970.